The highest BCUT2D eigenvalue weighted by atomic mass is 19.1. The van der Waals surface area contributed by atoms with Crippen molar-refractivity contribution in [2.45, 2.75) is 38.3 Å². The molecular formula is C23H27FN4O2. The fourth-order valence-corrected chi connectivity index (χ4v) is 4.14. The molecule has 0 saturated carbocycles. The number of carbonyl (C=O) groups is 1. The van der Waals surface area contributed by atoms with Gasteiger partial charge in [-0.05, 0) is 62.1 Å². The van der Waals surface area contributed by atoms with E-state index in [0.29, 0.717) is 12.2 Å². The van der Waals surface area contributed by atoms with E-state index in [9.17, 15) is 9.18 Å². The largest absolute Gasteiger partial charge is 0.467 e. The average Bonchev–Trinajstić information content (AvgIpc) is 3.35. The zero-order valence-electron chi connectivity index (χ0n) is 17.4. The van der Waals surface area contributed by atoms with Gasteiger partial charge in [0.25, 0.3) is 5.91 Å². The van der Waals surface area contributed by atoms with E-state index in [4.69, 9.17) is 4.42 Å². The Morgan fingerprint density at radius 3 is 3.00 bits per heavy atom. The molecule has 7 heteroatoms. The summed E-state index contributed by atoms with van der Waals surface area (Å²) in [6.07, 6.45) is 5.02. The van der Waals surface area contributed by atoms with Crippen LogP contribution in [0.4, 0.5) is 4.39 Å². The fourth-order valence-electron chi connectivity index (χ4n) is 4.14. The summed E-state index contributed by atoms with van der Waals surface area (Å²) in [6.45, 7) is 1.18. The molecule has 1 aliphatic carbocycles. The van der Waals surface area contributed by atoms with Crippen molar-refractivity contribution in [1.82, 2.24) is 20.0 Å². The van der Waals surface area contributed by atoms with E-state index in [1.165, 1.54) is 6.07 Å². The summed E-state index contributed by atoms with van der Waals surface area (Å²) in [5.74, 6) is 0.447. The molecule has 6 nitrogen and oxygen atoms in total. The number of halogens is 1. The molecule has 1 aliphatic rings. The number of benzene rings is 1. The second-order valence-corrected chi connectivity index (χ2v) is 7.91. The van der Waals surface area contributed by atoms with Crippen LogP contribution < -0.4 is 5.32 Å². The summed E-state index contributed by atoms with van der Waals surface area (Å²) in [5, 5.41) is 8.11. The maximum atomic E-state index is 13.3. The molecule has 1 aromatic carbocycles. The van der Waals surface area contributed by atoms with E-state index in [-0.39, 0.29) is 17.8 Å². The van der Waals surface area contributed by atoms with Crippen LogP contribution in [0.1, 0.15) is 39.5 Å². The minimum absolute atomic E-state index is 0.0938. The number of fused-ring (bicyclic) bond motifs is 1. The van der Waals surface area contributed by atoms with E-state index >= 15 is 0 Å². The monoisotopic (exact) mass is 410 g/mol. The Labute approximate surface area is 175 Å². The highest BCUT2D eigenvalue weighted by Gasteiger charge is 2.29. The third kappa shape index (κ3) is 4.46. The van der Waals surface area contributed by atoms with Crippen molar-refractivity contribution >= 4 is 5.91 Å². The van der Waals surface area contributed by atoms with Crippen molar-refractivity contribution < 1.29 is 13.6 Å². The smallest absolute Gasteiger partial charge is 0.274 e. The minimum Gasteiger partial charge on any atom is -0.467 e. The Morgan fingerprint density at radius 1 is 1.37 bits per heavy atom. The highest BCUT2D eigenvalue weighted by Crippen LogP contribution is 2.25. The van der Waals surface area contributed by atoms with Crippen LogP contribution in [0.3, 0.4) is 0 Å². The molecule has 0 aliphatic heterocycles. The van der Waals surface area contributed by atoms with Crippen molar-refractivity contribution in [3.05, 3.63) is 76.8 Å². The van der Waals surface area contributed by atoms with Crippen LogP contribution in [-0.2, 0) is 32.9 Å². The molecule has 0 fully saturated rings. The molecule has 4 rings (SSSR count). The first-order valence-electron chi connectivity index (χ1n) is 10.3. The van der Waals surface area contributed by atoms with Gasteiger partial charge in [-0.25, -0.2) is 4.39 Å². The van der Waals surface area contributed by atoms with E-state index < -0.39 is 0 Å². The molecule has 1 N–H and O–H groups in total. The van der Waals surface area contributed by atoms with Gasteiger partial charge in [-0.15, -0.1) is 0 Å². The number of nitrogens with zero attached hydrogens (tertiary/aromatic N) is 3. The van der Waals surface area contributed by atoms with Crippen LogP contribution in [0.2, 0.25) is 0 Å². The summed E-state index contributed by atoms with van der Waals surface area (Å²) < 4.78 is 20.5. The molecule has 3 aromatic rings. The molecule has 30 heavy (non-hydrogen) atoms. The van der Waals surface area contributed by atoms with Crippen LogP contribution >= 0.6 is 0 Å². The average molecular weight is 410 g/mol. The summed E-state index contributed by atoms with van der Waals surface area (Å²) in [6, 6.07) is 10.7. The van der Waals surface area contributed by atoms with Gasteiger partial charge >= 0.3 is 0 Å². The first-order chi connectivity index (χ1) is 14.5. The van der Waals surface area contributed by atoms with Crippen LogP contribution in [0.25, 0.3) is 0 Å². The lowest BCUT2D eigenvalue weighted by molar-refractivity contribution is 0.0767. The highest BCUT2D eigenvalue weighted by molar-refractivity contribution is 5.94. The minimum atomic E-state index is -0.202. The molecule has 0 spiro atoms. The number of rotatable bonds is 7. The first-order valence-corrected chi connectivity index (χ1v) is 10.3. The maximum absolute atomic E-state index is 13.3. The summed E-state index contributed by atoms with van der Waals surface area (Å²) in [5.41, 5.74) is 3.67. The van der Waals surface area contributed by atoms with E-state index in [0.717, 1.165) is 54.8 Å². The maximum Gasteiger partial charge on any atom is 0.274 e. The van der Waals surface area contributed by atoms with Crippen LogP contribution in [0, 0.1) is 5.82 Å². The summed E-state index contributed by atoms with van der Waals surface area (Å²) in [4.78, 5) is 14.7. The zero-order chi connectivity index (χ0) is 21.1. The Hall–Kier alpha value is -2.93. The van der Waals surface area contributed by atoms with E-state index in [1.54, 1.807) is 30.3 Å². The lowest BCUT2D eigenvalue weighted by Gasteiger charge is -2.25. The predicted molar refractivity (Wildman–Crippen MR) is 112 cm³/mol. The Bertz CT molecular complexity index is 1010. The molecule has 0 saturated heterocycles. The third-order valence-corrected chi connectivity index (χ3v) is 5.71. The number of amides is 1. The van der Waals surface area contributed by atoms with Crippen molar-refractivity contribution in [1.29, 1.82) is 0 Å². The molecule has 0 bridgehead atoms. The fraction of sp³-hybridized carbons (Fsp3) is 0.391. The lowest BCUT2D eigenvalue weighted by Crippen LogP contribution is -2.37. The van der Waals surface area contributed by atoms with Gasteiger partial charge in [0, 0.05) is 31.4 Å². The number of aryl methyl sites for hydroxylation is 1. The van der Waals surface area contributed by atoms with Gasteiger partial charge in [0.1, 0.15) is 11.6 Å². The zero-order valence-corrected chi connectivity index (χ0v) is 17.4. The van der Waals surface area contributed by atoms with Crippen molar-refractivity contribution in [2.75, 3.05) is 13.6 Å². The Kier molecular flexibility index (Phi) is 5.99. The number of hydrogen-bond acceptors (Lipinski definition) is 4. The predicted octanol–water partition coefficient (Wildman–Crippen LogP) is 3.11. The standard InChI is InChI=1S/C23H27FN4O2/c1-27(15-19-7-4-12-30-19)23(29)22-20-14-18(8-9-21(20)28(2)26-22)25-11-10-16-5-3-6-17(24)13-16/h3-7,12-13,18,25H,8-11,14-15H2,1-2H3/t18-/m0/s1. The molecule has 2 heterocycles. The van der Waals surface area contributed by atoms with Crippen LogP contribution in [0.15, 0.2) is 47.1 Å². The topological polar surface area (TPSA) is 63.3 Å². The lowest BCUT2D eigenvalue weighted by atomic mass is 9.91. The van der Waals surface area contributed by atoms with Crippen molar-refractivity contribution in [2.24, 2.45) is 7.05 Å². The van der Waals surface area contributed by atoms with Gasteiger partial charge < -0.3 is 14.6 Å². The van der Waals surface area contributed by atoms with Crippen molar-refractivity contribution in [3.63, 3.8) is 0 Å². The van der Waals surface area contributed by atoms with Crippen molar-refractivity contribution in [3.8, 4) is 0 Å². The second kappa shape index (κ2) is 8.83. The molecule has 1 atom stereocenters. The quantitative estimate of drug-likeness (QED) is 0.650. The molecular weight excluding hydrogens is 383 g/mol. The van der Waals surface area contributed by atoms with Crippen LogP contribution in [-0.4, -0.2) is 40.2 Å². The summed E-state index contributed by atoms with van der Waals surface area (Å²) in [7, 11) is 3.67. The SMILES string of the molecule is CN(Cc1ccco1)C(=O)c1nn(C)c2c1C[C@@H](NCCc1cccc(F)c1)CC2. The van der Waals surface area contributed by atoms with Gasteiger partial charge in [0.2, 0.25) is 0 Å². The molecule has 2 aromatic heterocycles. The van der Waals surface area contributed by atoms with Crippen LogP contribution in [0.5, 0.6) is 0 Å². The third-order valence-electron chi connectivity index (χ3n) is 5.71. The summed E-state index contributed by atoms with van der Waals surface area (Å²) >= 11 is 0. The molecule has 0 unspecified atom stereocenters. The normalized spacial score (nSPS) is 15.8. The molecule has 1 amide bonds. The number of nitrogens with one attached hydrogen (secondary N) is 1. The Balaban J connectivity index is 1.40. The van der Waals surface area contributed by atoms with E-state index in [1.807, 2.05) is 29.9 Å². The number of carbonyl (C=O) groups excluding carboxylic acids is 1. The molecule has 0 radical (unpaired) electrons. The number of hydrogen-bond donors (Lipinski definition) is 1. The number of aromatic nitrogens is 2. The number of furan rings is 1. The first kappa shape index (κ1) is 20.3. The van der Waals surface area contributed by atoms with Gasteiger partial charge in [-0.3, -0.25) is 9.48 Å². The van der Waals surface area contributed by atoms with Gasteiger partial charge in [-0.1, -0.05) is 12.1 Å². The molecule has 158 valence electrons. The Morgan fingerprint density at radius 2 is 2.23 bits per heavy atom. The van der Waals surface area contributed by atoms with Gasteiger partial charge in [0.05, 0.1) is 12.8 Å². The van der Waals surface area contributed by atoms with Gasteiger partial charge in [0.15, 0.2) is 5.69 Å². The van der Waals surface area contributed by atoms with E-state index in [2.05, 4.69) is 10.4 Å². The van der Waals surface area contributed by atoms with Gasteiger partial charge in [-0.2, -0.15) is 5.10 Å². The second-order valence-electron chi connectivity index (χ2n) is 7.91.